The molecule has 0 radical (unpaired) electrons. The van der Waals surface area contributed by atoms with E-state index in [1.54, 1.807) is 13.0 Å². The number of halogens is 1. The van der Waals surface area contributed by atoms with Crippen LogP contribution < -0.4 is 5.32 Å². The first-order valence-corrected chi connectivity index (χ1v) is 10.3. The maximum absolute atomic E-state index is 13.6. The lowest BCUT2D eigenvalue weighted by molar-refractivity contribution is -0.131. The van der Waals surface area contributed by atoms with Gasteiger partial charge in [0.25, 0.3) is 5.91 Å². The lowest BCUT2D eigenvalue weighted by Gasteiger charge is -2.22. The largest absolute Gasteiger partial charge is 0.327 e. The summed E-state index contributed by atoms with van der Waals surface area (Å²) in [6, 6.07) is 11.7. The van der Waals surface area contributed by atoms with E-state index in [1.807, 2.05) is 35.8 Å². The maximum atomic E-state index is 13.6. The topological polar surface area (TPSA) is 67.2 Å². The Morgan fingerprint density at radius 3 is 2.50 bits per heavy atom. The molecule has 1 atom stereocenters. The van der Waals surface area contributed by atoms with Crippen molar-refractivity contribution in [3.05, 3.63) is 65.2 Å². The lowest BCUT2D eigenvalue weighted by Crippen LogP contribution is -2.40. The van der Waals surface area contributed by atoms with E-state index in [2.05, 4.69) is 17.2 Å². The average molecular weight is 408 g/mol. The second-order valence-electron chi connectivity index (χ2n) is 7.80. The summed E-state index contributed by atoms with van der Waals surface area (Å²) in [6.45, 7) is 6.41. The fourth-order valence-corrected chi connectivity index (χ4v) is 4.10. The van der Waals surface area contributed by atoms with Crippen LogP contribution in [-0.4, -0.2) is 26.4 Å². The number of aromatic nitrogens is 2. The molecule has 1 fully saturated rings. The number of fused-ring (bicyclic) bond motifs is 1. The van der Waals surface area contributed by atoms with Crippen LogP contribution in [0.1, 0.15) is 44.1 Å². The maximum Gasteiger partial charge on any atom is 0.325 e. The Morgan fingerprint density at radius 1 is 1.10 bits per heavy atom. The number of benzene rings is 2. The van der Waals surface area contributed by atoms with Crippen molar-refractivity contribution in [2.24, 2.45) is 0 Å². The van der Waals surface area contributed by atoms with Crippen LogP contribution in [0.25, 0.3) is 11.0 Å². The predicted octanol–water partition coefficient (Wildman–Crippen LogP) is 4.12. The van der Waals surface area contributed by atoms with Crippen molar-refractivity contribution in [3.63, 3.8) is 0 Å². The highest BCUT2D eigenvalue weighted by Crippen LogP contribution is 2.30. The number of hydrogen-bond donors (Lipinski definition) is 1. The van der Waals surface area contributed by atoms with Gasteiger partial charge in [-0.05, 0) is 43.5 Å². The number of carbonyl (C=O) groups is 2. The van der Waals surface area contributed by atoms with E-state index < -0.39 is 11.6 Å². The molecule has 1 unspecified atom stereocenters. The number of urea groups is 1. The lowest BCUT2D eigenvalue weighted by atomic mass is 9.91. The smallest absolute Gasteiger partial charge is 0.325 e. The highest BCUT2D eigenvalue weighted by molar-refractivity contribution is 6.07. The van der Waals surface area contributed by atoms with Crippen LogP contribution >= 0.6 is 0 Å². The van der Waals surface area contributed by atoms with Crippen molar-refractivity contribution in [2.75, 3.05) is 0 Å². The molecule has 4 rings (SSSR count). The van der Waals surface area contributed by atoms with E-state index in [9.17, 15) is 14.0 Å². The van der Waals surface area contributed by atoms with Gasteiger partial charge in [0.2, 0.25) is 0 Å². The van der Waals surface area contributed by atoms with Crippen LogP contribution in [0, 0.1) is 5.82 Å². The Hall–Kier alpha value is -3.22. The second-order valence-corrected chi connectivity index (χ2v) is 7.80. The number of aryl methyl sites for hydroxylation is 2. The van der Waals surface area contributed by atoms with Crippen LogP contribution in [0.15, 0.2) is 42.5 Å². The Labute approximate surface area is 174 Å². The number of imidazole rings is 1. The molecule has 1 N–H and O–H groups in total. The zero-order valence-corrected chi connectivity index (χ0v) is 17.4. The van der Waals surface area contributed by atoms with Crippen LogP contribution in [-0.2, 0) is 29.8 Å². The molecular weight excluding hydrogens is 383 g/mol. The first-order chi connectivity index (χ1) is 14.4. The van der Waals surface area contributed by atoms with Gasteiger partial charge in [-0.3, -0.25) is 9.69 Å². The van der Waals surface area contributed by atoms with E-state index in [0.29, 0.717) is 17.9 Å². The zero-order valence-electron chi connectivity index (χ0n) is 17.4. The van der Waals surface area contributed by atoms with Gasteiger partial charge < -0.3 is 9.88 Å². The quantitative estimate of drug-likeness (QED) is 0.624. The molecule has 1 aliphatic heterocycles. The molecule has 1 aromatic heterocycles. The molecule has 7 heteroatoms. The average Bonchev–Trinajstić information content (AvgIpc) is 3.18. The monoisotopic (exact) mass is 408 g/mol. The second kappa shape index (κ2) is 7.55. The van der Waals surface area contributed by atoms with E-state index in [0.717, 1.165) is 23.9 Å². The van der Waals surface area contributed by atoms with Gasteiger partial charge in [0, 0.05) is 12.6 Å². The van der Waals surface area contributed by atoms with Gasteiger partial charge in [0.1, 0.15) is 17.2 Å². The Balaban J connectivity index is 1.64. The fourth-order valence-electron chi connectivity index (χ4n) is 4.10. The molecular formula is C23H25FN4O2. The molecule has 0 aliphatic carbocycles. The van der Waals surface area contributed by atoms with Crippen molar-refractivity contribution in [2.45, 2.75) is 52.2 Å². The van der Waals surface area contributed by atoms with Crippen LogP contribution in [0.2, 0.25) is 0 Å². The van der Waals surface area contributed by atoms with E-state index in [4.69, 9.17) is 0 Å². The van der Waals surface area contributed by atoms with Gasteiger partial charge in [-0.1, -0.05) is 37.6 Å². The molecule has 1 saturated heterocycles. The molecule has 156 valence electrons. The van der Waals surface area contributed by atoms with E-state index >= 15 is 0 Å². The van der Waals surface area contributed by atoms with E-state index in [1.165, 1.54) is 22.6 Å². The van der Waals surface area contributed by atoms with Crippen molar-refractivity contribution >= 4 is 23.0 Å². The SMILES string of the molecule is CCCc1ccc(C2(C)NC(=O)N(Cc3nc4cc(F)ccc4n3CC)C2=O)cc1. The van der Waals surface area contributed by atoms with Crippen LogP contribution in [0.3, 0.4) is 0 Å². The summed E-state index contributed by atoms with van der Waals surface area (Å²) in [4.78, 5) is 31.6. The summed E-state index contributed by atoms with van der Waals surface area (Å²) in [5.74, 6) is -0.148. The van der Waals surface area contributed by atoms with Crippen molar-refractivity contribution in [1.29, 1.82) is 0 Å². The van der Waals surface area contributed by atoms with Gasteiger partial charge in [0.05, 0.1) is 17.6 Å². The van der Waals surface area contributed by atoms with Gasteiger partial charge >= 0.3 is 6.03 Å². The van der Waals surface area contributed by atoms with Crippen molar-refractivity contribution in [3.8, 4) is 0 Å². The minimum atomic E-state index is -1.13. The van der Waals surface area contributed by atoms with Gasteiger partial charge in [-0.2, -0.15) is 0 Å². The number of amides is 3. The number of hydrogen-bond acceptors (Lipinski definition) is 3. The summed E-state index contributed by atoms with van der Waals surface area (Å²) in [7, 11) is 0. The summed E-state index contributed by atoms with van der Waals surface area (Å²) in [5.41, 5.74) is 2.09. The summed E-state index contributed by atoms with van der Waals surface area (Å²) >= 11 is 0. The first-order valence-electron chi connectivity index (χ1n) is 10.3. The Morgan fingerprint density at radius 2 is 1.83 bits per heavy atom. The molecule has 6 nitrogen and oxygen atoms in total. The number of imide groups is 1. The van der Waals surface area contributed by atoms with Gasteiger partial charge in [0.15, 0.2) is 0 Å². The van der Waals surface area contributed by atoms with Crippen LogP contribution in [0.5, 0.6) is 0 Å². The number of nitrogens with one attached hydrogen (secondary N) is 1. The molecule has 0 spiro atoms. The normalized spacial score (nSPS) is 19.0. The Bertz CT molecular complexity index is 1120. The van der Waals surface area contributed by atoms with Gasteiger partial charge in [-0.25, -0.2) is 14.2 Å². The van der Waals surface area contributed by atoms with Gasteiger partial charge in [-0.15, -0.1) is 0 Å². The molecule has 3 aromatic rings. The molecule has 1 aliphatic rings. The molecule has 2 aromatic carbocycles. The minimum absolute atomic E-state index is 0.0261. The van der Waals surface area contributed by atoms with Crippen LogP contribution in [0.4, 0.5) is 9.18 Å². The third kappa shape index (κ3) is 3.24. The number of rotatable bonds is 6. The third-order valence-electron chi connectivity index (χ3n) is 5.75. The first kappa shape index (κ1) is 20.1. The number of carbonyl (C=O) groups excluding carboxylic acids is 2. The minimum Gasteiger partial charge on any atom is -0.327 e. The van der Waals surface area contributed by atoms with E-state index in [-0.39, 0.29) is 18.3 Å². The summed E-state index contributed by atoms with van der Waals surface area (Å²) in [6.07, 6.45) is 2.01. The highest BCUT2D eigenvalue weighted by atomic mass is 19.1. The fraction of sp³-hybridized carbons (Fsp3) is 0.348. The van der Waals surface area contributed by atoms with Crippen molar-refractivity contribution in [1.82, 2.24) is 19.8 Å². The molecule has 0 bridgehead atoms. The molecule has 30 heavy (non-hydrogen) atoms. The number of nitrogens with zero attached hydrogens (tertiary/aromatic N) is 3. The molecule has 2 heterocycles. The standard InChI is InChI=1S/C23H25FN4O2/c1-4-6-15-7-9-16(10-8-15)23(3)21(29)28(22(30)26-23)14-20-25-18-13-17(24)11-12-19(18)27(20)5-2/h7-13H,4-6,14H2,1-3H3,(H,26,30). The summed E-state index contributed by atoms with van der Waals surface area (Å²) in [5, 5.41) is 2.84. The Kier molecular flexibility index (Phi) is 5.05. The summed E-state index contributed by atoms with van der Waals surface area (Å²) < 4.78 is 15.5. The highest BCUT2D eigenvalue weighted by Gasteiger charge is 2.49. The molecule has 0 saturated carbocycles. The van der Waals surface area contributed by atoms with Crippen molar-refractivity contribution < 1.29 is 14.0 Å². The third-order valence-corrected chi connectivity index (χ3v) is 5.75. The predicted molar refractivity (Wildman–Crippen MR) is 112 cm³/mol. The zero-order chi connectivity index (χ0) is 21.5. The molecule has 3 amide bonds.